The number of nitrogens with zero attached hydrogens (tertiary/aromatic N) is 1. The Morgan fingerprint density at radius 1 is 1.47 bits per heavy atom. The van der Waals surface area contributed by atoms with Crippen molar-refractivity contribution in [3.8, 4) is 5.88 Å². The summed E-state index contributed by atoms with van der Waals surface area (Å²) in [6.45, 7) is 13.0. The molecule has 106 valence electrons. The number of rotatable bonds is 6. The number of halogens is 1. The van der Waals surface area contributed by atoms with Crippen molar-refractivity contribution in [3.63, 3.8) is 0 Å². The third-order valence-electron chi connectivity index (χ3n) is 2.47. The Balaban J connectivity index is 2.71. The van der Waals surface area contributed by atoms with Gasteiger partial charge in [0.15, 0.2) is 0 Å². The van der Waals surface area contributed by atoms with E-state index in [1.165, 1.54) is 12.3 Å². The standard InChI is InChI=1S/C15H23FN2O/c1-11(2)6-7-19-14-12(8-13(16)10-17-14)9-18-15(3,4)5/h8,10,18H,1,6-7,9H2,2-5H3. The Bertz CT molecular complexity index is 438. The second-order valence-corrected chi connectivity index (χ2v) is 5.78. The molecule has 19 heavy (non-hydrogen) atoms. The first-order valence-electron chi connectivity index (χ1n) is 6.44. The van der Waals surface area contributed by atoms with E-state index in [2.05, 4.69) is 37.7 Å². The van der Waals surface area contributed by atoms with Crippen LogP contribution in [-0.2, 0) is 6.54 Å². The Labute approximate surface area is 114 Å². The quantitative estimate of drug-likeness (QED) is 0.801. The third kappa shape index (κ3) is 6.34. The summed E-state index contributed by atoms with van der Waals surface area (Å²) in [7, 11) is 0. The summed E-state index contributed by atoms with van der Waals surface area (Å²) >= 11 is 0. The molecule has 0 saturated carbocycles. The number of hydrogen-bond donors (Lipinski definition) is 1. The summed E-state index contributed by atoms with van der Waals surface area (Å²) in [6.07, 6.45) is 1.95. The molecule has 0 atom stereocenters. The monoisotopic (exact) mass is 266 g/mol. The van der Waals surface area contributed by atoms with Crippen molar-refractivity contribution in [1.29, 1.82) is 0 Å². The summed E-state index contributed by atoms with van der Waals surface area (Å²) in [5, 5.41) is 3.30. The zero-order valence-corrected chi connectivity index (χ0v) is 12.2. The summed E-state index contributed by atoms with van der Waals surface area (Å²) in [5.41, 5.74) is 1.74. The number of nitrogens with one attached hydrogen (secondary N) is 1. The molecule has 0 amide bonds. The maximum Gasteiger partial charge on any atom is 0.218 e. The lowest BCUT2D eigenvalue weighted by Crippen LogP contribution is -2.35. The van der Waals surface area contributed by atoms with Crippen LogP contribution in [-0.4, -0.2) is 17.1 Å². The molecule has 0 fully saturated rings. The van der Waals surface area contributed by atoms with Gasteiger partial charge in [-0.05, 0) is 33.8 Å². The lowest BCUT2D eigenvalue weighted by Gasteiger charge is -2.21. The van der Waals surface area contributed by atoms with Crippen molar-refractivity contribution in [2.75, 3.05) is 6.61 Å². The SMILES string of the molecule is C=C(C)CCOc1ncc(F)cc1CNC(C)(C)C. The van der Waals surface area contributed by atoms with Gasteiger partial charge in [0, 0.05) is 24.1 Å². The number of hydrogen-bond acceptors (Lipinski definition) is 3. The molecule has 0 aliphatic heterocycles. The van der Waals surface area contributed by atoms with Crippen LogP contribution in [0.25, 0.3) is 0 Å². The van der Waals surface area contributed by atoms with E-state index in [-0.39, 0.29) is 11.4 Å². The van der Waals surface area contributed by atoms with Gasteiger partial charge in [0.1, 0.15) is 5.82 Å². The molecule has 0 spiro atoms. The lowest BCUT2D eigenvalue weighted by atomic mass is 10.1. The third-order valence-corrected chi connectivity index (χ3v) is 2.47. The fourth-order valence-corrected chi connectivity index (χ4v) is 1.41. The minimum absolute atomic E-state index is 0.0404. The molecule has 0 aliphatic rings. The van der Waals surface area contributed by atoms with E-state index in [0.717, 1.165) is 17.6 Å². The first-order chi connectivity index (χ1) is 8.78. The van der Waals surface area contributed by atoms with Crippen LogP contribution < -0.4 is 10.1 Å². The van der Waals surface area contributed by atoms with Gasteiger partial charge in [0.05, 0.1) is 12.8 Å². The Hall–Kier alpha value is -1.42. The van der Waals surface area contributed by atoms with Crippen LogP contribution in [0, 0.1) is 5.82 Å². The summed E-state index contributed by atoms with van der Waals surface area (Å²) < 4.78 is 18.8. The topological polar surface area (TPSA) is 34.1 Å². The minimum Gasteiger partial charge on any atom is -0.477 e. The molecule has 0 aromatic carbocycles. The van der Waals surface area contributed by atoms with E-state index in [4.69, 9.17) is 4.74 Å². The van der Waals surface area contributed by atoms with Crippen LogP contribution in [0.4, 0.5) is 4.39 Å². The largest absolute Gasteiger partial charge is 0.477 e. The first-order valence-corrected chi connectivity index (χ1v) is 6.44. The molecule has 0 saturated heterocycles. The van der Waals surface area contributed by atoms with Crippen molar-refractivity contribution in [2.24, 2.45) is 0 Å². The van der Waals surface area contributed by atoms with Crippen LogP contribution >= 0.6 is 0 Å². The molecule has 4 heteroatoms. The van der Waals surface area contributed by atoms with E-state index in [9.17, 15) is 4.39 Å². The van der Waals surface area contributed by atoms with Crippen LogP contribution in [0.2, 0.25) is 0 Å². The molecule has 1 rings (SSSR count). The number of ether oxygens (including phenoxy) is 1. The molecular formula is C15H23FN2O. The molecule has 0 radical (unpaired) electrons. The van der Waals surface area contributed by atoms with Crippen LogP contribution in [0.15, 0.2) is 24.4 Å². The van der Waals surface area contributed by atoms with Gasteiger partial charge in [-0.25, -0.2) is 9.37 Å². The molecule has 1 N–H and O–H groups in total. The van der Waals surface area contributed by atoms with Gasteiger partial charge in [0.2, 0.25) is 5.88 Å². The van der Waals surface area contributed by atoms with E-state index in [0.29, 0.717) is 19.0 Å². The molecule has 0 aliphatic carbocycles. The fourth-order valence-electron chi connectivity index (χ4n) is 1.41. The number of pyridine rings is 1. The molecular weight excluding hydrogens is 243 g/mol. The Morgan fingerprint density at radius 2 is 2.16 bits per heavy atom. The highest BCUT2D eigenvalue weighted by atomic mass is 19.1. The highest BCUT2D eigenvalue weighted by Gasteiger charge is 2.12. The van der Waals surface area contributed by atoms with Crippen molar-refractivity contribution >= 4 is 0 Å². The van der Waals surface area contributed by atoms with Gasteiger partial charge in [0.25, 0.3) is 0 Å². The predicted molar refractivity (Wildman–Crippen MR) is 75.7 cm³/mol. The van der Waals surface area contributed by atoms with E-state index < -0.39 is 0 Å². The van der Waals surface area contributed by atoms with Gasteiger partial charge in [-0.15, -0.1) is 6.58 Å². The van der Waals surface area contributed by atoms with Crippen LogP contribution in [0.1, 0.15) is 39.7 Å². The molecule has 1 heterocycles. The Kier molecular flexibility index (Phi) is 5.48. The second-order valence-electron chi connectivity index (χ2n) is 5.78. The molecule has 1 aromatic heterocycles. The van der Waals surface area contributed by atoms with Gasteiger partial charge in [-0.3, -0.25) is 0 Å². The van der Waals surface area contributed by atoms with Crippen LogP contribution in [0.3, 0.4) is 0 Å². The zero-order valence-electron chi connectivity index (χ0n) is 12.2. The van der Waals surface area contributed by atoms with E-state index in [1.807, 2.05) is 6.92 Å². The van der Waals surface area contributed by atoms with Crippen LogP contribution in [0.5, 0.6) is 5.88 Å². The van der Waals surface area contributed by atoms with E-state index >= 15 is 0 Å². The highest BCUT2D eigenvalue weighted by molar-refractivity contribution is 5.26. The first kappa shape index (κ1) is 15.6. The maximum atomic E-state index is 13.3. The molecule has 1 aromatic rings. The summed E-state index contributed by atoms with van der Waals surface area (Å²) in [4.78, 5) is 4.01. The highest BCUT2D eigenvalue weighted by Crippen LogP contribution is 2.17. The van der Waals surface area contributed by atoms with Gasteiger partial charge < -0.3 is 10.1 Å². The number of aromatic nitrogens is 1. The van der Waals surface area contributed by atoms with Crippen molar-refractivity contribution in [1.82, 2.24) is 10.3 Å². The average molecular weight is 266 g/mol. The van der Waals surface area contributed by atoms with Crippen molar-refractivity contribution in [2.45, 2.75) is 46.2 Å². The minimum atomic E-state index is -0.349. The maximum absolute atomic E-state index is 13.3. The normalized spacial score (nSPS) is 11.4. The Morgan fingerprint density at radius 3 is 2.74 bits per heavy atom. The average Bonchev–Trinajstić information content (AvgIpc) is 2.27. The smallest absolute Gasteiger partial charge is 0.218 e. The summed E-state index contributed by atoms with van der Waals surface area (Å²) in [6, 6.07) is 1.46. The van der Waals surface area contributed by atoms with Gasteiger partial charge in [-0.1, -0.05) is 5.57 Å². The summed E-state index contributed by atoms with van der Waals surface area (Å²) in [5.74, 6) is 0.136. The second kappa shape index (κ2) is 6.66. The van der Waals surface area contributed by atoms with Crippen molar-refractivity contribution in [3.05, 3.63) is 35.8 Å². The molecule has 0 bridgehead atoms. The van der Waals surface area contributed by atoms with Crippen molar-refractivity contribution < 1.29 is 9.13 Å². The predicted octanol–water partition coefficient (Wildman–Crippen LogP) is 3.45. The zero-order chi connectivity index (χ0) is 14.5. The van der Waals surface area contributed by atoms with Gasteiger partial charge in [-0.2, -0.15) is 0 Å². The fraction of sp³-hybridized carbons (Fsp3) is 0.533. The van der Waals surface area contributed by atoms with E-state index in [1.54, 1.807) is 0 Å². The molecule has 0 unspecified atom stereocenters. The lowest BCUT2D eigenvalue weighted by molar-refractivity contribution is 0.301. The van der Waals surface area contributed by atoms with Gasteiger partial charge >= 0.3 is 0 Å². The molecule has 3 nitrogen and oxygen atoms in total.